The minimum absolute atomic E-state index is 0.400. The summed E-state index contributed by atoms with van der Waals surface area (Å²) >= 11 is 6.01. The highest BCUT2D eigenvalue weighted by atomic mass is 35.5. The van der Waals surface area contributed by atoms with E-state index in [2.05, 4.69) is 16.8 Å². The summed E-state index contributed by atoms with van der Waals surface area (Å²) in [6.45, 7) is 3.65. The maximum Gasteiger partial charge on any atom is 0.129 e. The first-order chi connectivity index (χ1) is 7.76. The molecule has 16 heavy (non-hydrogen) atoms. The van der Waals surface area contributed by atoms with Crippen LogP contribution < -0.4 is 10.6 Å². The van der Waals surface area contributed by atoms with Gasteiger partial charge in [-0.3, -0.25) is 0 Å². The van der Waals surface area contributed by atoms with Gasteiger partial charge in [0.25, 0.3) is 0 Å². The van der Waals surface area contributed by atoms with Crippen LogP contribution in [0.25, 0.3) is 0 Å². The number of rotatable bonds is 5. The van der Waals surface area contributed by atoms with Crippen LogP contribution in [0.15, 0.2) is 12.1 Å². The second-order valence-electron chi connectivity index (χ2n) is 4.23. The number of nitrogens with zero attached hydrogens (tertiary/aromatic N) is 2. The summed E-state index contributed by atoms with van der Waals surface area (Å²) in [5.41, 5.74) is 6.41. The summed E-state index contributed by atoms with van der Waals surface area (Å²) < 4.78 is 0. The van der Waals surface area contributed by atoms with Gasteiger partial charge in [-0.2, -0.15) is 0 Å². The molecular formula is C12H18ClN3. The van der Waals surface area contributed by atoms with Crippen LogP contribution in [0, 0.1) is 0 Å². The molecule has 1 aromatic heterocycles. The van der Waals surface area contributed by atoms with E-state index in [0.717, 1.165) is 24.5 Å². The van der Waals surface area contributed by atoms with Gasteiger partial charge >= 0.3 is 0 Å². The Morgan fingerprint density at radius 1 is 1.50 bits per heavy atom. The lowest BCUT2D eigenvalue weighted by molar-refractivity contribution is 0.746. The van der Waals surface area contributed by atoms with Crippen LogP contribution in [-0.4, -0.2) is 17.6 Å². The Labute approximate surface area is 102 Å². The first-order valence-corrected chi connectivity index (χ1v) is 6.26. The van der Waals surface area contributed by atoms with Crippen LogP contribution in [0.1, 0.15) is 31.9 Å². The van der Waals surface area contributed by atoms with Crippen LogP contribution in [0.4, 0.5) is 5.82 Å². The average Bonchev–Trinajstić information content (AvgIpc) is 3.11. The molecule has 1 heterocycles. The Morgan fingerprint density at radius 2 is 2.25 bits per heavy atom. The molecule has 0 saturated heterocycles. The van der Waals surface area contributed by atoms with Crippen molar-refractivity contribution in [3.8, 4) is 0 Å². The van der Waals surface area contributed by atoms with Crippen molar-refractivity contribution in [2.75, 3.05) is 11.4 Å². The first kappa shape index (κ1) is 11.7. The Bertz CT molecular complexity index is 363. The fourth-order valence-corrected chi connectivity index (χ4v) is 2.07. The van der Waals surface area contributed by atoms with Crippen LogP contribution in [0.3, 0.4) is 0 Å². The topological polar surface area (TPSA) is 42.1 Å². The number of anilines is 1. The summed E-state index contributed by atoms with van der Waals surface area (Å²) in [5.74, 6) is 1.02. The van der Waals surface area contributed by atoms with Crippen molar-refractivity contribution in [3.05, 3.63) is 22.8 Å². The van der Waals surface area contributed by atoms with Crippen molar-refractivity contribution in [1.82, 2.24) is 4.98 Å². The van der Waals surface area contributed by atoms with Crippen LogP contribution in [-0.2, 0) is 6.54 Å². The van der Waals surface area contributed by atoms with Crippen LogP contribution in [0.2, 0.25) is 5.02 Å². The van der Waals surface area contributed by atoms with E-state index in [4.69, 9.17) is 17.3 Å². The molecule has 1 fully saturated rings. The molecule has 0 aliphatic heterocycles. The third kappa shape index (κ3) is 2.47. The SMILES string of the molecule is CCCN(c1ccc(Cl)c(CN)n1)C1CC1. The quantitative estimate of drug-likeness (QED) is 0.859. The molecule has 88 valence electrons. The van der Waals surface area contributed by atoms with Gasteiger partial charge in [0.1, 0.15) is 5.82 Å². The average molecular weight is 240 g/mol. The summed E-state index contributed by atoms with van der Waals surface area (Å²) in [6.07, 6.45) is 3.70. The molecule has 3 nitrogen and oxygen atoms in total. The highest BCUT2D eigenvalue weighted by Crippen LogP contribution is 2.31. The van der Waals surface area contributed by atoms with E-state index in [9.17, 15) is 0 Å². The first-order valence-electron chi connectivity index (χ1n) is 5.88. The molecule has 0 bridgehead atoms. The second kappa shape index (κ2) is 5.02. The Morgan fingerprint density at radius 3 is 2.81 bits per heavy atom. The van der Waals surface area contributed by atoms with Crippen molar-refractivity contribution in [2.45, 2.75) is 38.8 Å². The highest BCUT2D eigenvalue weighted by molar-refractivity contribution is 6.31. The molecule has 0 atom stereocenters. The Kier molecular flexibility index (Phi) is 3.66. The lowest BCUT2D eigenvalue weighted by Gasteiger charge is -2.23. The molecular weight excluding hydrogens is 222 g/mol. The van der Waals surface area contributed by atoms with Gasteiger partial charge in [0, 0.05) is 19.1 Å². The molecule has 0 aromatic carbocycles. The van der Waals surface area contributed by atoms with Gasteiger partial charge in [-0.25, -0.2) is 4.98 Å². The lowest BCUT2D eigenvalue weighted by Crippen LogP contribution is -2.27. The van der Waals surface area contributed by atoms with Crippen molar-refractivity contribution in [3.63, 3.8) is 0 Å². The van der Waals surface area contributed by atoms with Crippen molar-refractivity contribution in [2.24, 2.45) is 5.73 Å². The van der Waals surface area contributed by atoms with E-state index in [-0.39, 0.29) is 0 Å². The Hall–Kier alpha value is -0.800. The van der Waals surface area contributed by atoms with Gasteiger partial charge < -0.3 is 10.6 Å². The van der Waals surface area contributed by atoms with Crippen molar-refractivity contribution >= 4 is 17.4 Å². The zero-order valence-electron chi connectivity index (χ0n) is 9.62. The zero-order valence-corrected chi connectivity index (χ0v) is 10.4. The maximum absolute atomic E-state index is 6.01. The van der Waals surface area contributed by atoms with Crippen LogP contribution in [0.5, 0.6) is 0 Å². The molecule has 1 aromatic rings. The van der Waals surface area contributed by atoms with E-state index >= 15 is 0 Å². The summed E-state index contributed by atoms with van der Waals surface area (Å²) in [4.78, 5) is 6.91. The molecule has 4 heteroatoms. The molecule has 0 radical (unpaired) electrons. The molecule has 1 aliphatic rings. The second-order valence-corrected chi connectivity index (χ2v) is 4.63. The number of hydrogen-bond donors (Lipinski definition) is 1. The smallest absolute Gasteiger partial charge is 0.129 e. The van der Waals surface area contributed by atoms with E-state index in [0.29, 0.717) is 17.6 Å². The minimum atomic E-state index is 0.400. The number of nitrogens with two attached hydrogens (primary N) is 1. The van der Waals surface area contributed by atoms with E-state index in [1.165, 1.54) is 12.8 Å². The third-order valence-corrected chi connectivity index (χ3v) is 3.19. The van der Waals surface area contributed by atoms with E-state index in [1.807, 2.05) is 12.1 Å². The standard InChI is InChI=1S/C12H18ClN3/c1-2-7-16(9-3-4-9)12-6-5-10(13)11(8-14)15-12/h5-6,9H,2-4,7-8,14H2,1H3. The number of pyridine rings is 1. The molecule has 0 unspecified atom stereocenters. The summed E-state index contributed by atoms with van der Waals surface area (Å²) in [6, 6.07) is 4.58. The van der Waals surface area contributed by atoms with Gasteiger partial charge in [-0.15, -0.1) is 0 Å². The van der Waals surface area contributed by atoms with Gasteiger partial charge in [-0.05, 0) is 31.4 Å². The monoisotopic (exact) mass is 239 g/mol. The normalized spacial score (nSPS) is 15.2. The fourth-order valence-electron chi connectivity index (χ4n) is 1.89. The fraction of sp³-hybridized carbons (Fsp3) is 0.583. The highest BCUT2D eigenvalue weighted by Gasteiger charge is 2.29. The van der Waals surface area contributed by atoms with Crippen molar-refractivity contribution in [1.29, 1.82) is 0 Å². The van der Waals surface area contributed by atoms with Gasteiger partial charge in [-0.1, -0.05) is 18.5 Å². The molecule has 2 rings (SSSR count). The molecule has 2 N–H and O–H groups in total. The van der Waals surface area contributed by atoms with E-state index < -0.39 is 0 Å². The predicted octanol–water partition coefficient (Wildman–Crippen LogP) is 2.57. The van der Waals surface area contributed by atoms with Gasteiger partial charge in [0.2, 0.25) is 0 Å². The molecule has 0 spiro atoms. The van der Waals surface area contributed by atoms with Crippen molar-refractivity contribution < 1.29 is 0 Å². The molecule has 1 saturated carbocycles. The largest absolute Gasteiger partial charge is 0.354 e. The third-order valence-electron chi connectivity index (χ3n) is 2.84. The maximum atomic E-state index is 6.01. The molecule has 0 amide bonds. The molecule has 1 aliphatic carbocycles. The summed E-state index contributed by atoms with van der Waals surface area (Å²) in [5, 5.41) is 0.665. The number of aromatic nitrogens is 1. The minimum Gasteiger partial charge on any atom is -0.354 e. The number of hydrogen-bond acceptors (Lipinski definition) is 3. The van der Waals surface area contributed by atoms with Crippen LogP contribution >= 0.6 is 11.6 Å². The summed E-state index contributed by atoms with van der Waals surface area (Å²) in [7, 11) is 0. The van der Waals surface area contributed by atoms with E-state index in [1.54, 1.807) is 0 Å². The van der Waals surface area contributed by atoms with Gasteiger partial charge in [0.15, 0.2) is 0 Å². The Balaban J connectivity index is 2.23. The van der Waals surface area contributed by atoms with Gasteiger partial charge in [0.05, 0.1) is 10.7 Å². The zero-order chi connectivity index (χ0) is 11.5. The number of halogens is 1. The predicted molar refractivity (Wildman–Crippen MR) is 67.8 cm³/mol. The lowest BCUT2D eigenvalue weighted by atomic mass is 10.3.